The first-order valence-electron chi connectivity index (χ1n) is 8.89. The van der Waals surface area contributed by atoms with Gasteiger partial charge in [-0.05, 0) is 43.3 Å². The number of nitrogens with one attached hydrogen (secondary N) is 1. The number of cyclic esters (lactones) is 1. The summed E-state index contributed by atoms with van der Waals surface area (Å²) in [5.41, 5.74) is 2.36. The largest absolute Gasteiger partial charge is 0.457 e. The Hall–Kier alpha value is -3.87. The number of hydrogen-bond donors (Lipinski definition) is 1. The molecule has 2 amide bonds. The monoisotopic (exact) mass is 392 g/mol. The van der Waals surface area contributed by atoms with Gasteiger partial charge in [0.2, 0.25) is 5.60 Å². The first kappa shape index (κ1) is 18.5. The molecule has 0 radical (unpaired) electrons. The van der Waals surface area contributed by atoms with Crippen LogP contribution in [-0.2, 0) is 15.1 Å². The second-order valence-electron chi connectivity index (χ2n) is 6.60. The van der Waals surface area contributed by atoms with Crippen molar-refractivity contribution in [2.45, 2.75) is 12.5 Å². The summed E-state index contributed by atoms with van der Waals surface area (Å²) in [5.74, 6) is -0.129. The maximum Gasteiger partial charge on any atom is 0.437 e. The van der Waals surface area contributed by atoms with Gasteiger partial charge >= 0.3 is 6.09 Å². The fourth-order valence-electron chi connectivity index (χ4n) is 2.99. The lowest BCUT2D eigenvalue weighted by Crippen LogP contribution is -2.39. The summed E-state index contributed by atoms with van der Waals surface area (Å²) in [4.78, 5) is 25.2. The number of rotatable bonds is 5. The van der Waals surface area contributed by atoms with Crippen LogP contribution in [0.15, 0.2) is 78.9 Å². The Morgan fingerprint density at radius 2 is 1.66 bits per heavy atom. The zero-order valence-electron chi connectivity index (χ0n) is 15.5. The van der Waals surface area contributed by atoms with Crippen molar-refractivity contribution in [1.82, 2.24) is 5.01 Å². The SMILES string of the molecule is C[C@]1(c2ccc(Oc3cccc(F)c3)cc2)OC(=O)N(Nc2ccccc2)C1=O. The number of ether oxygens (including phenoxy) is 2. The van der Waals surface area contributed by atoms with Gasteiger partial charge in [-0.25, -0.2) is 9.18 Å². The van der Waals surface area contributed by atoms with E-state index < -0.39 is 23.4 Å². The molecule has 0 aliphatic carbocycles. The average molecular weight is 392 g/mol. The standard InChI is InChI=1S/C22H17FN2O4/c1-22(20(26)25(21(27)29-22)24-17-7-3-2-4-8-17)15-10-12-18(13-11-15)28-19-9-5-6-16(23)14-19/h2-14,24H,1H3/t22-/m1/s1. The van der Waals surface area contributed by atoms with Crippen LogP contribution in [0.2, 0.25) is 0 Å². The quantitative estimate of drug-likeness (QED) is 0.673. The van der Waals surface area contributed by atoms with Gasteiger partial charge in [-0.2, -0.15) is 0 Å². The minimum absolute atomic E-state index is 0.352. The Kier molecular flexibility index (Phi) is 4.64. The molecule has 1 aliphatic rings. The van der Waals surface area contributed by atoms with E-state index in [1.807, 2.05) is 6.07 Å². The number of benzene rings is 3. The normalized spacial score (nSPS) is 18.5. The summed E-state index contributed by atoms with van der Waals surface area (Å²) in [6.07, 6.45) is -0.790. The Balaban J connectivity index is 1.53. The van der Waals surface area contributed by atoms with Gasteiger partial charge in [0, 0.05) is 11.6 Å². The number of nitrogens with zero attached hydrogens (tertiary/aromatic N) is 1. The molecule has 6 nitrogen and oxygen atoms in total. The number of carbonyl (C=O) groups is 2. The third-order valence-electron chi connectivity index (χ3n) is 4.54. The summed E-state index contributed by atoms with van der Waals surface area (Å²) in [6.45, 7) is 1.53. The number of hydrogen-bond acceptors (Lipinski definition) is 5. The van der Waals surface area contributed by atoms with Gasteiger partial charge < -0.3 is 9.47 Å². The van der Waals surface area contributed by atoms with E-state index in [2.05, 4.69) is 5.43 Å². The number of hydrazine groups is 1. The van der Waals surface area contributed by atoms with Crippen molar-refractivity contribution in [3.63, 3.8) is 0 Å². The van der Waals surface area contributed by atoms with Gasteiger partial charge in [0.15, 0.2) is 0 Å². The first-order chi connectivity index (χ1) is 14.0. The lowest BCUT2D eigenvalue weighted by atomic mass is 9.95. The second kappa shape index (κ2) is 7.27. The molecule has 0 saturated carbocycles. The number of imide groups is 1. The highest BCUT2D eigenvalue weighted by Gasteiger charge is 2.52. The van der Waals surface area contributed by atoms with Crippen LogP contribution >= 0.6 is 0 Å². The van der Waals surface area contributed by atoms with Gasteiger partial charge in [-0.15, -0.1) is 5.01 Å². The molecule has 1 atom stereocenters. The van der Waals surface area contributed by atoms with Crippen molar-refractivity contribution in [2.24, 2.45) is 0 Å². The summed E-state index contributed by atoms with van der Waals surface area (Å²) >= 11 is 0. The van der Waals surface area contributed by atoms with E-state index in [0.717, 1.165) is 5.01 Å². The third-order valence-corrected chi connectivity index (χ3v) is 4.54. The topological polar surface area (TPSA) is 67.9 Å². The molecule has 1 heterocycles. The Morgan fingerprint density at radius 1 is 0.931 bits per heavy atom. The second-order valence-corrected chi connectivity index (χ2v) is 6.60. The van der Waals surface area contributed by atoms with Crippen molar-refractivity contribution in [3.8, 4) is 11.5 Å². The molecule has 7 heteroatoms. The minimum Gasteiger partial charge on any atom is -0.457 e. The van der Waals surface area contributed by atoms with Gasteiger partial charge in [-0.3, -0.25) is 10.2 Å². The number of carbonyl (C=O) groups excluding carboxylic acids is 2. The molecule has 0 bridgehead atoms. The molecule has 0 spiro atoms. The van der Waals surface area contributed by atoms with E-state index in [9.17, 15) is 14.0 Å². The number of amides is 2. The number of halogens is 1. The molecule has 1 N–H and O–H groups in total. The van der Waals surface area contributed by atoms with E-state index in [1.165, 1.54) is 19.1 Å². The van der Waals surface area contributed by atoms with Gasteiger partial charge in [-0.1, -0.05) is 36.4 Å². The zero-order valence-corrected chi connectivity index (χ0v) is 15.5. The maximum absolute atomic E-state index is 13.3. The summed E-state index contributed by atoms with van der Waals surface area (Å²) in [7, 11) is 0. The molecule has 1 fully saturated rings. The van der Waals surface area contributed by atoms with Gasteiger partial charge in [0.25, 0.3) is 5.91 Å². The summed E-state index contributed by atoms with van der Waals surface area (Å²) in [5, 5.41) is 0.854. The van der Waals surface area contributed by atoms with Crippen LogP contribution in [0.4, 0.5) is 14.9 Å². The lowest BCUT2D eigenvalue weighted by molar-refractivity contribution is -0.135. The van der Waals surface area contributed by atoms with E-state index in [0.29, 0.717) is 22.7 Å². The third kappa shape index (κ3) is 3.62. The van der Waals surface area contributed by atoms with Crippen molar-refractivity contribution >= 4 is 17.7 Å². The van der Waals surface area contributed by atoms with Crippen molar-refractivity contribution in [1.29, 1.82) is 0 Å². The predicted octanol–water partition coefficient (Wildman–Crippen LogP) is 4.84. The van der Waals surface area contributed by atoms with Crippen molar-refractivity contribution in [3.05, 3.63) is 90.2 Å². The molecular weight excluding hydrogens is 375 g/mol. The van der Waals surface area contributed by atoms with Crippen LogP contribution < -0.4 is 10.2 Å². The molecular formula is C22H17FN2O4. The molecule has 1 aliphatic heterocycles. The highest BCUT2D eigenvalue weighted by atomic mass is 19.1. The van der Waals surface area contributed by atoms with E-state index in [-0.39, 0.29) is 0 Å². The smallest absolute Gasteiger partial charge is 0.437 e. The van der Waals surface area contributed by atoms with Crippen molar-refractivity contribution in [2.75, 3.05) is 5.43 Å². The van der Waals surface area contributed by atoms with E-state index in [1.54, 1.807) is 60.7 Å². The van der Waals surface area contributed by atoms with E-state index in [4.69, 9.17) is 9.47 Å². The predicted molar refractivity (Wildman–Crippen MR) is 104 cm³/mol. The average Bonchev–Trinajstić information content (AvgIpc) is 2.93. The molecule has 0 unspecified atom stereocenters. The van der Waals surface area contributed by atoms with Gasteiger partial charge in [0.1, 0.15) is 17.3 Å². The summed E-state index contributed by atoms with van der Waals surface area (Å²) in [6, 6.07) is 21.1. The first-order valence-corrected chi connectivity index (χ1v) is 8.89. The maximum atomic E-state index is 13.3. The Morgan fingerprint density at radius 3 is 2.34 bits per heavy atom. The van der Waals surface area contributed by atoms with E-state index >= 15 is 0 Å². The minimum atomic E-state index is -1.48. The van der Waals surface area contributed by atoms with Gasteiger partial charge in [0.05, 0.1) is 5.69 Å². The lowest BCUT2D eigenvalue weighted by Gasteiger charge is -2.21. The van der Waals surface area contributed by atoms with Crippen LogP contribution in [0.1, 0.15) is 12.5 Å². The molecule has 1 saturated heterocycles. The molecule has 3 aromatic carbocycles. The molecule has 3 aromatic rings. The fraction of sp³-hybridized carbons (Fsp3) is 0.0909. The zero-order chi connectivity index (χ0) is 20.4. The molecule has 4 rings (SSSR count). The number of para-hydroxylation sites is 1. The van der Waals surface area contributed by atoms with Crippen LogP contribution in [0, 0.1) is 5.82 Å². The van der Waals surface area contributed by atoms with Crippen molar-refractivity contribution < 1.29 is 23.5 Å². The fourth-order valence-corrected chi connectivity index (χ4v) is 2.99. The molecule has 0 aromatic heterocycles. The Labute approximate surface area is 166 Å². The van der Waals surface area contributed by atoms with Crippen LogP contribution in [0.3, 0.4) is 0 Å². The summed E-state index contributed by atoms with van der Waals surface area (Å²) < 4.78 is 24.3. The molecule has 146 valence electrons. The van der Waals surface area contributed by atoms with Crippen LogP contribution in [0.25, 0.3) is 0 Å². The van der Waals surface area contributed by atoms with Crippen LogP contribution in [0.5, 0.6) is 11.5 Å². The number of anilines is 1. The Bertz CT molecular complexity index is 1060. The molecule has 29 heavy (non-hydrogen) atoms. The van der Waals surface area contributed by atoms with Crippen LogP contribution in [-0.4, -0.2) is 17.0 Å². The highest BCUT2D eigenvalue weighted by Crippen LogP contribution is 2.35. The highest BCUT2D eigenvalue weighted by molar-refractivity contribution is 6.04.